The summed E-state index contributed by atoms with van der Waals surface area (Å²) in [5, 5.41) is 15.4. The van der Waals surface area contributed by atoms with Gasteiger partial charge in [-0.05, 0) is 31.2 Å². The number of nitrogens with one attached hydrogen (secondary N) is 1. The lowest BCUT2D eigenvalue weighted by molar-refractivity contribution is -0.118. The van der Waals surface area contributed by atoms with Crippen LogP contribution in [0.1, 0.15) is 23.7 Å². The largest absolute Gasteiger partial charge is 0.484 e. The molecule has 0 aliphatic heterocycles. The Morgan fingerprint density at radius 2 is 2.08 bits per heavy atom. The summed E-state index contributed by atoms with van der Waals surface area (Å²) in [5.41, 5.74) is 0.127. The lowest BCUT2D eigenvalue weighted by Crippen LogP contribution is -2.23. The van der Waals surface area contributed by atoms with Gasteiger partial charge in [-0.1, -0.05) is 15.9 Å². The fraction of sp³-hybridized carbons (Fsp3) is 0.294. The summed E-state index contributed by atoms with van der Waals surface area (Å²) in [5.74, 6) is -0.341. The Morgan fingerprint density at radius 3 is 2.73 bits per heavy atom. The van der Waals surface area contributed by atoms with E-state index in [1.165, 1.54) is 10.9 Å². The first-order valence-electron chi connectivity index (χ1n) is 7.83. The molecule has 2 rings (SSSR count). The summed E-state index contributed by atoms with van der Waals surface area (Å²) < 4.78 is 12.7. The molecule has 0 spiro atoms. The number of aromatic nitrogens is 2. The maximum Gasteiger partial charge on any atom is 0.343 e. The average molecular weight is 421 g/mol. The SMILES string of the molecule is CCOC(=O)c1cnn(CCC#N)c1NC(=O)COc1ccc(Br)cc1. The Morgan fingerprint density at radius 1 is 1.35 bits per heavy atom. The number of rotatable bonds is 8. The zero-order valence-corrected chi connectivity index (χ0v) is 15.7. The number of carbonyl (C=O) groups excluding carboxylic acids is 2. The molecule has 0 radical (unpaired) electrons. The minimum absolute atomic E-state index is 0.127. The van der Waals surface area contributed by atoms with Crippen LogP contribution in [0.2, 0.25) is 0 Å². The molecule has 2 aromatic rings. The van der Waals surface area contributed by atoms with Gasteiger partial charge in [-0.2, -0.15) is 10.4 Å². The van der Waals surface area contributed by atoms with Crippen molar-refractivity contribution in [1.29, 1.82) is 5.26 Å². The van der Waals surface area contributed by atoms with Crippen molar-refractivity contribution in [1.82, 2.24) is 9.78 Å². The van der Waals surface area contributed by atoms with Crippen molar-refractivity contribution in [2.24, 2.45) is 0 Å². The Bertz CT molecular complexity index is 811. The van der Waals surface area contributed by atoms with Crippen LogP contribution >= 0.6 is 15.9 Å². The highest BCUT2D eigenvalue weighted by atomic mass is 79.9. The van der Waals surface area contributed by atoms with E-state index in [9.17, 15) is 9.59 Å². The molecule has 136 valence electrons. The van der Waals surface area contributed by atoms with Crippen molar-refractivity contribution in [3.63, 3.8) is 0 Å². The van der Waals surface area contributed by atoms with E-state index in [4.69, 9.17) is 14.7 Å². The zero-order valence-electron chi connectivity index (χ0n) is 14.1. The Kier molecular flexibility index (Phi) is 7.17. The monoisotopic (exact) mass is 420 g/mol. The molecule has 1 aromatic carbocycles. The molecule has 0 aliphatic carbocycles. The predicted octanol–water partition coefficient (Wildman–Crippen LogP) is 2.75. The number of nitrogens with zero attached hydrogens (tertiary/aromatic N) is 3. The molecule has 0 saturated carbocycles. The molecule has 8 nitrogen and oxygen atoms in total. The molecule has 1 aromatic heterocycles. The van der Waals surface area contributed by atoms with Gasteiger partial charge in [0, 0.05) is 4.47 Å². The maximum absolute atomic E-state index is 12.2. The van der Waals surface area contributed by atoms with E-state index in [-0.39, 0.29) is 37.6 Å². The summed E-state index contributed by atoms with van der Waals surface area (Å²) in [6.07, 6.45) is 1.49. The summed E-state index contributed by atoms with van der Waals surface area (Å²) >= 11 is 3.32. The molecule has 0 saturated heterocycles. The summed E-state index contributed by atoms with van der Waals surface area (Å²) in [4.78, 5) is 24.2. The normalized spacial score (nSPS) is 10.0. The number of hydrogen-bond acceptors (Lipinski definition) is 6. The highest BCUT2D eigenvalue weighted by Gasteiger charge is 2.20. The van der Waals surface area contributed by atoms with E-state index in [0.29, 0.717) is 5.75 Å². The second-order valence-electron chi connectivity index (χ2n) is 5.05. The van der Waals surface area contributed by atoms with Crippen LogP contribution in [0.3, 0.4) is 0 Å². The molecule has 0 bridgehead atoms. The molecule has 0 atom stereocenters. The number of ether oxygens (including phenoxy) is 2. The first-order chi connectivity index (χ1) is 12.5. The van der Waals surface area contributed by atoms with E-state index >= 15 is 0 Å². The van der Waals surface area contributed by atoms with Crippen LogP contribution in [0, 0.1) is 11.3 Å². The molecule has 0 aliphatic rings. The Labute approximate surface area is 158 Å². The molecule has 1 N–H and O–H groups in total. The number of carbonyl (C=O) groups is 2. The van der Waals surface area contributed by atoms with Gasteiger partial charge < -0.3 is 14.8 Å². The van der Waals surface area contributed by atoms with Crippen LogP contribution in [-0.2, 0) is 16.1 Å². The smallest absolute Gasteiger partial charge is 0.343 e. The van der Waals surface area contributed by atoms with Gasteiger partial charge in [-0.15, -0.1) is 0 Å². The van der Waals surface area contributed by atoms with E-state index in [0.717, 1.165) is 4.47 Å². The van der Waals surface area contributed by atoms with Gasteiger partial charge in [-0.25, -0.2) is 9.48 Å². The quantitative estimate of drug-likeness (QED) is 0.657. The topological polar surface area (TPSA) is 106 Å². The van der Waals surface area contributed by atoms with E-state index in [2.05, 4.69) is 26.3 Å². The maximum atomic E-state index is 12.2. The molecule has 1 heterocycles. The van der Waals surface area contributed by atoms with Gasteiger partial charge in [0.25, 0.3) is 5.91 Å². The van der Waals surface area contributed by atoms with Crippen molar-refractivity contribution < 1.29 is 19.1 Å². The lowest BCUT2D eigenvalue weighted by atomic mass is 10.3. The lowest BCUT2D eigenvalue weighted by Gasteiger charge is -2.11. The van der Waals surface area contributed by atoms with E-state index in [1.807, 2.05) is 6.07 Å². The van der Waals surface area contributed by atoms with Crippen LogP contribution < -0.4 is 10.1 Å². The number of benzene rings is 1. The molecule has 9 heteroatoms. The van der Waals surface area contributed by atoms with Crippen LogP contribution in [0.5, 0.6) is 5.75 Å². The number of halogens is 1. The number of esters is 1. The van der Waals surface area contributed by atoms with Crippen molar-refractivity contribution in [3.8, 4) is 11.8 Å². The number of amides is 1. The summed E-state index contributed by atoms with van der Waals surface area (Å²) in [7, 11) is 0. The molecule has 26 heavy (non-hydrogen) atoms. The van der Waals surface area contributed by atoms with Crippen molar-refractivity contribution >= 4 is 33.6 Å². The van der Waals surface area contributed by atoms with Crippen LogP contribution in [-0.4, -0.2) is 34.9 Å². The van der Waals surface area contributed by atoms with Gasteiger partial charge in [0.2, 0.25) is 0 Å². The summed E-state index contributed by atoms with van der Waals surface area (Å²) in [6.45, 7) is 1.87. The highest BCUT2D eigenvalue weighted by molar-refractivity contribution is 9.10. The first kappa shape index (κ1) is 19.5. The summed E-state index contributed by atoms with van der Waals surface area (Å²) in [6, 6.07) is 9.02. The van der Waals surface area contributed by atoms with Crippen LogP contribution in [0.4, 0.5) is 5.82 Å². The first-order valence-corrected chi connectivity index (χ1v) is 8.62. The fourth-order valence-electron chi connectivity index (χ4n) is 2.05. The number of anilines is 1. The minimum atomic E-state index is -0.597. The van der Waals surface area contributed by atoms with Gasteiger partial charge in [0.05, 0.1) is 31.8 Å². The Hall–Kier alpha value is -2.86. The molecule has 0 fully saturated rings. The molecule has 1 amide bonds. The van der Waals surface area contributed by atoms with E-state index < -0.39 is 11.9 Å². The fourth-order valence-corrected chi connectivity index (χ4v) is 2.31. The van der Waals surface area contributed by atoms with Gasteiger partial charge >= 0.3 is 5.97 Å². The molecule has 0 unspecified atom stereocenters. The average Bonchev–Trinajstić information content (AvgIpc) is 3.02. The second kappa shape index (κ2) is 9.58. The molecular weight excluding hydrogens is 404 g/mol. The third-order valence-electron chi connectivity index (χ3n) is 3.21. The predicted molar refractivity (Wildman–Crippen MR) is 96.7 cm³/mol. The Balaban J connectivity index is 2.08. The van der Waals surface area contributed by atoms with Gasteiger partial charge in [0.15, 0.2) is 6.61 Å². The standard InChI is InChI=1S/C17H17BrN4O4/c1-2-25-17(24)14-10-20-22(9-3-8-19)16(14)21-15(23)11-26-13-6-4-12(18)5-7-13/h4-7,10H,2-3,9,11H2,1H3,(H,21,23). The number of nitriles is 1. The minimum Gasteiger partial charge on any atom is -0.484 e. The van der Waals surface area contributed by atoms with E-state index in [1.54, 1.807) is 31.2 Å². The highest BCUT2D eigenvalue weighted by Crippen LogP contribution is 2.18. The van der Waals surface area contributed by atoms with Crippen LogP contribution in [0.15, 0.2) is 34.9 Å². The van der Waals surface area contributed by atoms with Crippen molar-refractivity contribution in [2.45, 2.75) is 19.9 Å². The molecular formula is C17H17BrN4O4. The number of aryl methyl sites for hydroxylation is 1. The zero-order chi connectivity index (χ0) is 18.9. The van der Waals surface area contributed by atoms with Crippen molar-refractivity contribution in [2.75, 3.05) is 18.5 Å². The third-order valence-corrected chi connectivity index (χ3v) is 3.74. The van der Waals surface area contributed by atoms with Gasteiger partial charge in [0.1, 0.15) is 17.1 Å². The van der Waals surface area contributed by atoms with Gasteiger partial charge in [-0.3, -0.25) is 4.79 Å². The number of hydrogen-bond donors (Lipinski definition) is 1. The second-order valence-corrected chi connectivity index (χ2v) is 5.97. The third kappa shape index (κ3) is 5.32. The van der Waals surface area contributed by atoms with Crippen LogP contribution in [0.25, 0.3) is 0 Å². The van der Waals surface area contributed by atoms with Crippen molar-refractivity contribution in [3.05, 3.63) is 40.5 Å².